The lowest BCUT2D eigenvalue weighted by Crippen LogP contribution is -2.62. The number of carbonyl (C=O) groups is 1. The number of hydrogen-bond donors (Lipinski definition) is 0. The third-order valence-electron chi connectivity index (χ3n) is 7.41. The van der Waals surface area contributed by atoms with E-state index in [0.29, 0.717) is 26.4 Å². The molecule has 2 aliphatic heterocycles. The molecule has 3 aromatic rings. The molecular weight excluding hydrogens is 564 g/mol. The SMILES string of the molecule is CC(=O)OC[C@H]1O[C@H](OC[C@H]2COC(C)(C)O2)[C@H](OCc2ccccc2)[C@@H](OCc2ccccc2)[C@@H]1OCc1ccccc1. The Morgan fingerprint density at radius 3 is 1.68 bits per heavy atom. The van der Waals surface area contributed by atoms with Gasteiger partial charge in [-0.3, -0.25) is 4.79 Å². The van der Waals surface area contributed by atoms with E-state index in [1.54, 1.807) is 0 Å². The van der Waals surface area contributed by atoms with Gasteiger partial charge in [0, 0.05) is 6.92 Å². The summed E-state index contributed by atoms with van der Waals surface area (Å²) < 4.78 is 49.8. The summed E-state index contributed by atoms with van der Waals surface area (Å²) in [6.07, 6.45) is -3.83. The van der Waals surface area contributed by atoms with Crippen molar-refractivity contribution in [2.45, 2.75) is 83.2 Å². The van der Waals surface area contributed by atoms with Crippen molar-refractivity contribution < 1.29 is 42.7 Å². The number of carbonyl (C=O) groups excluding carboxylic acids is 1. The second-order valence-electron chi connectivity index (χ2n) is 11.4. The Morgan fingerprint density at radius 2 is 1.20 bits per heavy atom. The highest BCUT2D eigenvalue weighted by molar-refractivity contribution is 5.65. The molecule has 5 rings (SSSR count). The molecule has 236 valence electrons. The Morgan fingerprint density at radius 1 is 0.705 bits per heavy atom. The van der Waals surface area contributed by atoms with Crippen LogP contribution in [-0.2, 0) is 62.5 Å². The molecule has 0 radical (unpaired) electrons. The third-order valence-corrected chi connectivity index (χ3v) is 7.41. The number of hydrogen-bond acceptors (Lipinski definition) is 9. The molecule has 2 heterocycles. The molecule has 0 aromatic heterocycles. The molecule has 0 saturated carbocycles. The predicted molar refractivity (Wildman–Crippen MR) is 161 cm³/mol. The monoisotopic (exact) mass is 606 g/mol. The normalized spacial score (nSPS) is 26.3. The smallest absolute Gasteiger partial charge is 0.302 e. The lowest BCUT2D eigenvalue weighted by molar-refractivity contribution is -0.330. The average Bonchev–Trinajstić information content (AvgIpc) is 3.39. The molecule has 2 saturated heterocycles. The van der Waals surface area contributed by atoms with Crippen molar-refractivity contribution in [2.75, 3.05) is 19.8 Å². The molecule has 9 heteroatoms. The molecule has 0 bridgehead atoms. The summed E-state index contributed by atoms with van der Waals surface area (Å²) in [4.78, 5) is 11.9. The van der Waals surface area contributed by atoms with Crippen LogP contribution < -0.4 is 0 Å². The van der Waals surface area contributed by atoms with E-state index in [2.05, 4.69) is 0 Å². The lowest BCUT2D eigenvalue weighted by Gasteiger charge is -2.45. The molecule has 44 heavy (non-hydrogen) atoms. The molecule has 2 aliphatic rings. The van der Waals surface area contributed by atoms with Gasteiger partial charge in [0.25, 0.3) is 0 Å². The molecule has 9 nitrogen and oxygen atoms in total. The first kappa shape index (κ1) is 32.2. The zero-order valence-electron chi connectivity index (χ0n) is 25.5. The minimum absolute atomic E-state index is 0.0404. The number of esters is 1. The van der Waals surface area contributed by atoms with Crippen LogP contribution in [0.3, 0.4) is 0 Å². The molecule has 2 fully saturated rings. The van der Waals surface area contributed by atoms with E-state index in [1.165, 1.54) is 6.92 Å². The fraction of sp³-hybridized carbons (Fsp3) is 0.457. The van der Waals surface area contributed by atoms with Crippen molar-refractivity contribution >= 4 is 5.97 Å². The van der Waals surface area contributed by atoms with E-state index in [4.69, 9.17) is 37.9 Å². The Labute approximate surface area is 259 Å². The minimum Gasteiger partial charge on any atom is -0.463 e. The van der Waals surface area contributed by atoms with Gasteiger partial charge in [-0.25, -0.2) is 0 Å². The van der Waals surface area contributed by atoms with Crippen LogP contribution >= 0.6 is 0 Å². The molecular formula is C35H42O9. The Balaban J connectivity index is 1.43. The van der Waals surface area contributed by atoms with E-state index >= 15 is 0 Å². The minimum atomic E-state index is -0.871. The second-order valence-corrected chi connectivity index (χ2v) is 11.4. The van der Waals surface area contributed by atoms with Crippen LogP contribution in [0.2, 0.25) is 0 Å². The number of ether oxygens (including phenoxy) is 8. The molecule has 0 aliphatic carbocycles. The fourth-order valence-electron chi connectivity index (χ4n) is 5.26. The Hall–Kier alpha value is -3.15. The van der Waals surface area contributed by atoms with Crippen molar-refractivity contribution in [2.24, 2.45) is 0 Å². The highest BCUT2D eigenvalue weighted by atomic mass is 16.8. The topological polar surface area (TPSA) is 90.9 Å². The third kappa shape index (κ3) is 9.42. The first-order valence-corrected chi connectivity index (χ1v) is 15.0. The van der Waals surface area contributed by atoms with E-state index in [-0.39, 0.29) is 19.3 Å². The predicted octanol–water partition coefficient (Wildman–Crippen LogP) is 5.20. The van der Waals surface area contributed by atoms with Crippen molar-refractivity contribution in [3.63, 3.8) is 0 Å². The maximum absolute atomic E-state index is 11.9. The highest BCUT2D eigenvalue weighted by Gasteiger charge is 2.50. The quantitative estimate of drug-likeness (QED) is 0.230. The summed E-state index contributed by atoms with van der Waals surface area (Å²) in [6, 6.07) is 29.7. The maximum Gasteiger partial charge on any atom is 0.302 e. The molecule has 3 aromatic carbocycles. The fourth-order valence-corrected chi connectivity index (χ4v) is 5.26. The van der Waals surface area contributed by atoms with Gasteiger partial charge >= 0.3 is 5.97 Å². The first-order chi connectivity index (χ1) is 21.4. The van der Waals surface area contributed by atoms with Crippen molar-refractivity contribution in [3.8, 4) is 0 Å². The Bertz CT molecular complexity index is 1270. The van der Waals surface area contributed by atoms with Gasteiger partial charge in [-0.1, -0.05) is 91.0 Å². The summed E-state index contributed by atoms with van der Waals surface area (Å²) in [6.45, 7) is 6.57. The Kier molecular flexibility index (Phi) is 11.5. The largest absolute Gasteiger partial charge is 0.463 e. The zero-order chi connectivity index (χ0) is 30.8. The van der Waals surface area contributed by atoms with E-state index in [1.807, 2.05) is 105 Å². The highest BCUT2D eigenvalue weighted by Crippen LogP contribution is 2.32. The van der Waals surface area contributed by atoms with Crippen LogP contribution in [0.4, 0.5) is 0 Å². The van der Waals surface area contributed by atoms with Gasteiger partial charge in [-0.05, 0) is 30.5 Å². The van der Waals surface area contributed by atoms with Crippen LogP contribution in [0.15, 0.2) is 91.0 Å². The average molecular weight is 607 g/mol. The van der Waals surface area contributed by atoms with Crippen molar-refractivity contribution in [3.05, 3.63) is 108 Å². The number of rotatable bonds is 14. The summed E-state index contributed by atoms with van der Waals surface area (Å²) in [5, 5.41) is 0. The van der Waals surface area contributed by atoms with E-state index in [0.717, 1.165) is 16.7 Å². The van der Waals surface area contributed by atoms with Gasteiger partial charge in [-0.15, -0.1) is 0 Å². The molecule has 0 N–H and O–H groups in total. The first-order valence-electron chi connectivity index (χ1n) is 15.0. The summed E-state index contributed by atoms with van der Waals surface area (Å²) >= 11 is 0. The van der Waals surface area contributed by atoms with Gasteiger partial charge in [-0.2, -0.15) is 0 Å². The molecule has 0 amide bonds. The second kappa shape index (κ2) is 15.7. The standard InChI is InChI=1S/C35H42O9/c1-25(36)37-24-30-31(38-19-26-13-7-4-8-14-26)32(39-20-27-15-9-5-10-16-27)33(40-21-28-17-11-6-12-18-28)34(43-30)41-22-29-23-42-35(2,3)44-29/h4-18,29-34H,19-24H2,1-3H3/t29-,30+,31+,32-,33+,34-/m0/s1. The molecule has 0 unspecified atom stereocenters. The van der Waals surface area contributed by atoms with E-state index < -0.39 is 42.5 Å². The van der Waals surface area contributed by atoms with Gasteiger partial charge in [0.1, 0.15) is 37.1 Å². The molecule has 6 atom stereocenters. The number of benzene rings is 3. The maximum atomic E-state index is 11.9. The van der Waals surface area contributed by atoms with Crippen LogP contribution in [0.5, 0.6) is 0 Å². The van der Waals surface area contributed by atoms with Crippen LogP contribution in [0.1, 0.15) is 37.5 Å². The summed E-state index contributed by atoms with van der Waals surface area (Å²) in [5.41, 5.74) is 2.98. The van der Waals surface area contributed by atoms with Crippen LogP contribution in [0, 0.1) is 0 Å². The van der Waals surface area contributed by atoms with Crippen molar-refractivity contribution in [1.29, 1.82) is 0 Å². The zero-order valence-corrected chi connectivity index (χ0v) is 25.5. The summed E-state index contributed by atoms with van der Waals surface area (Å²) in [7, 11) is 0. The lowest BCUT2D eigenvalue weighted by atomic mass is 9.97. The van der Waals surface area contributed by atoms with E-state index in [9.17, 15) is 4.79 Å². The van der Waals surface area contributed by atoms with Crippen molar-refractivity contribution in [1.82, 2.24) is 0 Å². The molecule has 0 spiro atoms. The summed E-state index contributed by atoms with van der Waals surface area (Å²) in [5.74, 6) is -1.11. The van der Waals surface area contributed by atoms with Crippen LogP contribution in [0.25, 0.3) is 0 Å². The van der Waals surface area contributed by atoms with Gasteiger partial charge in [0.15, 0.2) is 12.1 Å². The van der Waals surface area contributed by atoms with Gasteiger partial charge in [0.2, 0.25) is 0 Å². The van der Waals surface area contributed by atoms with Gasteiger partial charge < -0.3 is 37.9 Å². The van der Waals surface area contributed by atoms with Crippen LogP contribution in [-0.4, -0.2) is 68.4 Å². The van der Waals surface area contributed by atoms with Gasteiger partial charge in [0.05, 0.1) is 33.0 Å².